The van der Waals surface area contributed by atoms with Crippen molar-refractivity contribution in [3.05, 3.63) is 59.9 Å². The number of benzene rings is 1. The number of esters is 1. The second-order valence-corrected chi connectivity index (χ2v) is 4.08. The smallest absolute Gasteiger partial charge is 0.330 e. The van der Waals surface area contributed by atoms with E-state index in [0.717, 1.165) is 22.4 Å². The van der Waals surface area contributed by atoms with Gasteiger partial charge in [0, 0.05) is 23.5 Å². The molecule has 3 nitrogen and oxygen atoms in total. The van der Waals surface area contributed by atoms with Crippen LogP contribution in [0.3, 0.4) is 0 Å². The number of aryl methyl sites for hydroxylation is 1. The number of hydrogen-bond donors (Lipinski definition) is 0. The van der Waals surface area contributed by atoms with Crippen LogP contribution in [0.1, 0.15) is 11.3 Å². The molecule has 0 aliphatic carbocycles. The highest BCUT2D eigenvalue weighted by atomic mass is 16.5. The number of pyridine rings is 1. The van der Waals surface area contributed by atoms with Crippen molar-refractivity contribution in [3.63, 3.8) is 0 Å². The second-order valence-electron chi connectivity index (χ2n) is 4.08. The molecule has 19 heavy (non-hydrogen) atoms. The molecule has 0 saturated heterocycles. The molecule has 0 radical (unpaired) electrons. The third-order valence-corrected chi connectivity index (χ3v) is 2.86. The zero-order valence-corrected chi connectivity index (χ0v) is 11.0. The summed E-state index contributed by atoms with van der Waals surface area (Å²) in [6.45, 7) is 1.92. The quantitative estimate of drug-likeness (QED) is 0.622. The third-order valence-electron chi connectivity index (χ3n) is 2.86. The number of ether oxygens (including phenoxy) is 1. The molecule has 1 aromatic carbocycles. The van der Waals surface area contributed by atoms with Gasteiger partial charge in [-0.25, -0.2) is 4.79 Å². The van der Waals surface area contributed by atoms with Crippen molar-refractivity contribution in [2.24, 2.45) is 0 Å². The molecule has 1 heterocycles. The molecule has 3 heteroatoms. The molecule has 0 unspecified atom stereocenters. The lowest BCUT2D eigenvalue weighted by Gasteiger charge is -2.08. The minimum Gasteiger partial charge on any atom is -0.466 e. The van der Waals surface area contributed by atoms with Gasteiger partial charge in [-0.3, -0.25) is 4.98 Å². The van der Waals surface area contributed by atoms with E-state index < -0.39 is 0 Å². The molecule has 2 aromatic rings. The molecule has 0 fully saturated rings. The molecule has 0 N–H and O–H groups in total. The van der Waals surface area contributed by atoms with E-state index in [1.165, 1.54) is 13.2 Å². The maximum Gasteiger partial charge on any atom is 0.330 e. The Morgan fingerprint density at radius 1 is 1.21 bits per heavy atom. The lowest BCUT2D eigenvalue weighted by Crippen LogP contribution is -1.95. The molecule has 0 bridgehead atoms. The van der Waals surface area contributed by atoms with Gasteiger partial charge in [0.1, 0.15) is 0 Å². The molecule has 2 rings (SSSR count). The molecule has 0 spiro atoms. The summed E-state index contributed by atoms with van der Waals surface area (Å²) in [5.41, 5.74) is 3.95. The van der Waals surface area contributed by atoms with Gasteiger partial charge in [-0.1, -0.05) is 30.3 Å². The lowest BCUT2D eigenvalue weighted by molar-refractivity contribution is -0.134. The highest BCUT2D eigenvalue weighted by Gasteiger charge is 2.06. The van der Waals surface area contributed by atoms with Gasteiger partial charge >= 0.3 is 5.97 Å². The van der Waals surface area contributed by atoms with Crippen molar-refractivity contribution in [2.75, 3.05) is 7.11 Å². The first-order valence-electron chi connectivity index (χ1n) is 5.99. The van der Waals surface area contributed by atoms with Crippen LogP contribution in [0.25, 0.3) is 17.2 Å². The number of rotatable bonds is 3. The number of hydrogen-bond acceptors (Lipinski definition) is 3. The molecular formula is C16H15NO2. The maximum absolute atomic E-state index is 11.2. The van der Waals surface area contributed by atoms with Gasteiger partial charge in [-0.15, -0.1) is 0 Å². The van der Waals surface area contributed by atoms with Crippen LogP contribution in [0.15, 0.2) is 48.7 Å². The topological polar surface area (TPSA) is 39.2 Å². The van der Waals surface area contributed by atoms with E-state index in [4.69, 9.17) is 0 Å². The van der Waals surface area contributed by atoms with E-state index >= 15 is 0 Å². The van der Waals surface area contributed by atoms with Crippen LogP contribution in [0, 0.1) is 6.92 Å². The zero-order chi connectivity index (χ0) is 13.7. The van der Waals surface area contributed by atoms with Crippen molar-refractivity contribution >= 4 is 12.0 Å². The summed E-state index contributed by atoms with van der Waals surface area (Å²) in [6, 6.07) is 12.0. The fourth-order valence-corrected chi connectivity index (χ4v) is 1.88. The fraction of sp³-hybridized carbons (Fsp3) is 0.125. The Labute approximate surface area is 112 Å². The van der Waals surface area contributed by atoms with Crippen LogP contribution in [0.2, 0.25) is 0 Å². The van der Waals surface area contributed by atoms with Crippen LogP contribution in [-0.2, 0) is 9.53 Å². The SMILES string of the molecule is COC(=O)/C=C/c1c(-c2ccccc2)ccnc1C. The summed E-state index contributed by atoms with van der Waals surface area (Å²) in [6.07, 6.45) is 4.93. The van der Waals surface area contributed by atoms with E-state index in [1.807, 2.05) is 43.3 Å². The molecule has 0 aliphatic rings. The van der Waals surface area contributed by atoms with Crippen LogP contribution in [-0.4, -0.2) is 18.1 Å². The first kappa shape index (κ1) is 13.0. The third kappa shape index (κ3) is 3.07. The van der Waals surface area contributed by atoms with E-state index in [-0.39, 0.29) is 5.97 Å². The van der Waals surface area contributed by atoms with Gasteiger partial charge < -0.3 is 4.74 Å². The molecule has 96 valence electrons. The molecule has 0 aliphatic heterocycles. The lowest BCUT2D eigenvalue weighted by atomic mass is 9.99. The molecule has 0 saturated carbocycles. The average Bonchev–Trinajstić information content (AvgIpc) is 2.46. The van der Waals surface area contributed by atoms with E-state index in [1.54, 1.807) is 12.3 Å². The van der Waals surface area contributed by atoms with E-state index in [2.05, 4.69) is 9.72 Å². The first-order valence-corrected chi connectivity index (χ1v) is 5.99. The summed E-state index contributed by atoms with van der Waals surface area (Å²) in [4.78, 5) is 15.5. The standard InChI is InChI=1S/C16H15NO2/c1-12-14(8-9-16(18)19-2)15(10-11-17-12)13-6-4-3-5-7-13/h3-11H,1-2H3/b9-8+. The summed E-state index contributed by atoms with van der Waals surface area (Å²) >= 11 is 0. The van der Waals surface area contributed by atoms with Gasteiger partial charge in [-0.05, 0) is 30.2 Å². The Hall–Kier alpha value is -2.42. The summed E-state index contributed by atoms with van der Waals surface area (Å²) < 4.78 is 4.61. The Balaban J connectivity index is 2.48. The highest BCUT2D eigenvalue weighted by Crippen LogP contribution is 2.25. The minimum absolute atomic E-state index is 0.373. The van der Waals surface area contributed by atoms with Gasteiger partial charge in [0.05, 0.1) is 7.11 Å². The normalized spacial score (nSPS) is 10.6. The van der Waals surface area contributed by atoms with Crippen molar-refractivity contribution in [2.45, 2.75) is 6.92 Å². The summed E-state index contributed by atoms with van der Waals surface area (Å²) in [5.74, 6) is -0.373. The first-order chi connectivity index (χ1) is 9.22. The zero-order valence-electron chi connectivity index (χ0n) is 11.0. The minimum atomic E-state index is -0.373. The van der Waals surface area contributed by atoms with Crippen LogP contribution >= 0.6 is 0 Å². The monoisotopic (exact) mass is 253 g/mol. The molecule has 0 amide bonds. The Morgan fingerprint density at radius 2 is 1.95 bits per heavy atom. The van der Waals surface area contributed by atoms with Gasteiger partial charge in [0.25, 0.3) is 0 Å². The molecule has 0 atom stereocenters. The fourth-order valence-electron chi connectivity index (χ4n) is 1.88. The van der Waals surface area contributed by atoms with E-state index in [0.29, 0.717) is 0 Å². The van der Waals surface area contributed by atoms with Crippen molar-refractivity contribution in [1.29, 1.82) is 0 Å². The summed E-state index contributed by atoms with van der Waals surface area (Å²) in [5, 5.41) is 0. The second kappa shape index (κ2) is 5.96. The molecular weight excluding hydrogens is 238 g/mol. The van der Waals surface area contributed by atoms with Crippen LogP contribution < -0.4 is 0 Å². The maximum atomic E-state index is 11.2. The highest BCUT2D eigenvalue weighted by molar-refractivity contribution is 5.89. The number of carbonyl (C=O) groups excluding carboxylic acids is 1. The van der Waals surface area contributed by atoms with Gasteiger partial charge in [0.2, 0.25) is 0 Å². The Morgan fingerprint density at radius 3 is 2.63 bits per heavy atom. The predicted octanol–water partition coefficient (Wildman–Crippen LogP) is 3.24. The number of methoxy groups -OCH3 is 1. The van der Waals surface area contributed by atoms with E-state index in [9.17, 15) is 4.79 Å². The number of nitrogens with zero attached hydrogens (tertiary/aromatic N) is 1. The largest absolute Gasteiger partial charge is 0.466 e. The number of aromatic nitrogens is 1. The average molecular weight is 253 g/mol. The van der Waals surface area contributed by atoms with Crippen LogP contribution in [0.5, 0.6) is 0 Å². The summed E-state index contributed by atoms with van der Waals surface area (Å²) in [7, 11) is 1.36. The van der Waals surface area contributed by atoms with Crippen molar-refractivity contribution in [3.8, 4) is 11.1 Å². The Bertz CT molecular complexity index is 603. The molecule has 1 aromatic heterocycles. The van der Waals surface area contributed by atoms with Gasteiger partial charge in [-0.2, -0.15) is 0 Å². The number of carbonyl (C=O) groups is 1. The Kier molecular flexibility index (Phi) is 4.08. The predicted molar refractivity (Wildman–Crippen MR) is 75.5 cm³/mol. The van der Waals surface area contributed by atoms with Gasteiger partial charge in [0.15, 0.2) is 0 Å². The van der Waals surface area contributed by atoms with Crippen LogP contribution in [0.4, 0.5) is 0 Å². The van der Waals surface area contributed by atoms with Crippen molar-refractivity contribution in [1.82, 2.24) is 4.98 Å². The van der Waals surface area contributed by atoms with Crippen molar-refractivity contribution < 1.29 is 9.53 Å².